The highest BCUT2D eigenvalue weighted by atomic mass is 32.2. The second-order valence-corrected chi connectivity index (χ2v) is 4.80. The first-order chi connectivity index (χ1) is 4.88. The van der Waals surface area contributed by atoms with Gasteiger partial charge in [0, 0.05) is 11.3 Å². The summed E-state index contributed by atoms with van der Waals surface area (Å²) >= 11 is 2.15. The van der Waals surface area contributed by atoms with E-state index in [0.717, 1.165) is 11.2 Å². The summed E-state index contributed by atoms with van der Waals surface area (Å²) in [5.74, 6) is 2.24. The van der Waals surface area contributed by atoms with E-state index in [0.29, 0.717) is 6.04 Å². The van der Waals surface area contributed by atoms with E-state index in [1.165, 1.54) is 31.4 Å². The van der Waals surface area contributed by atoms with Crippen LogP contribution in [0.3, 0.4) is 0 Å². The summed E-state index contributed by atoms with van der Waals surface area (Å²) in [6.07, 6.45) is 5.47. The highest BCUT2D eigenvalue weighted by molar-refractivity contribution is 8.00. The van der Waals surface area contributed by atoms with Crippen molar-refractivity contribution in [3.63, 3.8) is 0 Å². The van der Waals surface area contributed by atoms with Crippen LogP contribution in [0.1, 0.15) is 25.7 Å². The van der Waals surface area contributed by atoms with E-state index in [1.54, 1.807) is 0 Å². The summed E-state index contributed by atoms with van der Waals surface area (Å²) in [4.78, 5) is 0. The van der Waals surface area contributed by atoms with Gasteiger partial charge in [0.15, 0.2) is 0 Å². The van der Waals surface area contributed by atoms with E-state index in [9.17, 15) is 0 Å². The Bertz CT molecular complexity index is 126. The van der Waals surface area contributed by atoms with Crippen molar-refractivity contribution in [1.82, 2.24) is 0 Å². The molecule has 0 aromatic carbocycles. The Morgan fingerprint density at radius 3 is 2.90 bits per heavy atom. The molecule has 2 fully saturated rings. The molecular weight excluding hydrogens is 142 g/mol. The van der Waals surface area contributed by atoms with Crippen LogP contribution in [0.4, 0.5) is 0 Å². The third-order valence-corrected chi connectivity index (χ3v) is 4.32. The van der Waals surface area contributed by atoms with Crippen molar-refractivity contribution in [3.8, 4) is 0 Å². The van der Waals surface area contributed by atoms with Gasteiger partial charge in [0.25, 0.3) is 0 Å². The van der Waals surface area contributed by atoms with E-state index in [2.05, 4.69) is 11.8 Å². The molecule has 2 aliphatic rings. The van der Waals surface area contributed by atoms with Crippen molar-refractivity contribution in [1.29, 1.82) is 0 Å². The maximum atomic E-state index is 6.01. The molecule has 58 valence electrons. The summed E-state index contributed by atoms with van der Waals surface area (Å²) in [7, 11) is 0. The second kappa shape index (κ2) is 2.74. The largest absolute Gasteiger partial charge is 0.327 e. The molecule has 1 aliphatic carbocycles. The molecule has 0 spiro atoms. The van der Waals surface area contributed by atoms with Gasteiger partial charge in [-0.2, -0.15) is 11.8 Å². The normalized spacial score (nSPS) is 47.1. The topological polar surface area (TPSA) is 26.0 Å². The van der Waals surface area contributed by atoms with Gasteiger partial charge in [-0.05, 0) is 30.9 Å². The van der Waals surface area contributed by atoms with Crippen LogP contribution in [0.2, 0.25) is 0 Å². The molecule has 0 aromatic rings. The minimum atomic E-state index is 0.536. The smallest absolute Gasteiger partial charge is 0.00903 e. The Hall–Kier alpha value is 0.310. The predicted molar refractivity (Wildman–Crippen MR) is 46.2 cm³/mol. The Kier molecular flexibility index (Phi) is 1.92. The molecule has 3 atom stereocenters. The van der Waals surface area contributed by atoms with Crippen molar-refractivity contribution in [2.75, 3.05) is 5.75 Å². The molecule has 2 rings (SSSR count). The highest BCUT2D eigenvalue weighted by Gasteiger charge is 2.34. The summed E-state index contributed by atoms with van der Waals surface area (Å²) in [5, 5.41) is 0.934. The number of hydrogen-bond acceptors (Lipinski definition) is 2. The van der Waals surface area contributed by atoms with Crippen LogP contribution >= 0.6 is 11.8 Å². The summed E-state index contributed by atoms with van der Waals surface area (Å²) in [6, 6.07) is 0.536. The molecule has 2 heteroatoms. The third kappa shape index (κ3) is 1.08. The molecule has 10 heavy (non-hydrogen) atoms. The Morgan fingerprint density at radius 2 is 2.10 bits per heavy atom. The lowest BCUT2D eigenvalue weighted by atomic mass is 9.83. The number of nitrogens with two attached hydrogens (primary N) is 1. The Balaban J connectivity index is 2.03. The first-order valence-electron chi connectivity index (χ1n) is 4.25. The van der Waals surface area contributed by atoms with Crippen LogP contribution in [0.25, 0.3) is 0 Å². The number of thioether (sulfide) groups is 1. The standard InChI is InChI=1S/C8H15NS/c9-7-2-1-3-8-6(7)4-5-10-8/h6-8H,1-5,9H2. The molecular formula is C8H15NS. The third-order valence-electron chi connectivity index (χ3n) is 2.84. The van der Waals surface area contributed by atoms with Gasteiger partial charge >= 0.3 is 0 Å². The molecule has 1 aliphatic heterocycles. The molecule has 0 bridgehead atoms. The molecule has 2 N–H and O–H groups in total. The first-order valence-corrected chi connectivity index (χ1v) is 5.30. The fourth-order valence-corrected chi connectivity index (χ4v) is 3.85. The van der Waals surface area contributed by atoms with Gasteiger partial charge < -0.3 is 5.73 Å². The molecule has 1 saturated carbocycles. The lowest BCUT2D eigenvalue weighted by molar-refractivity contribution is 0.324. The van der Waals surface area contributed by atoms with Gasteiger partial charge in [-0.25, -0.2) is 0 Å². The highest BCUT2D eigenvalue weighted by Crippen LogP contribution is 2.41. The lowest BCUT2D eigenvalue weighted by Gasteiger charge is -2.30. The molecule has 1 heterocycles. The lowest BCUT2D eigenvalue weighted by Crippen LogP contribution is -2.37. The van der Waals surface area contributed by atoms with Crippen LogP contribution in [0.5, 0.6) is 0 Å². The number of rotatable bonds is 0. The van der Waals surface area contributed by atoms with Crippen LogP contribution in [-0.4, -0.2) is 17.0 Å². The van der Waals surface area contributed by atoms with Crippen LogP contribution in [0.15, 0.2) is 0 Å². The molecule has 1 saturated heterocycles. The minimum Gasteiger partial charge on any atom is -0.327 e. The summed E-state index contributed by atoms with van der Waals surface area (Å²) in [5.41, 5.74) is 6.01. The van der Waals surface area contributed by atoms with Gasteiger partial charge in [0.1, 0.15) is 0 Å². The van der Waals surface area contributed by atoms with E-state index in [-0.39, 0.29) is 0 Å². The van der Waals surface area contributed by atoms with E-state index in [4.69, 9.17) is 5.73 Å². The van der Waals surface area contributed by atoms with Gasteiger partial charge in [-0.3, -0.25) is 0 Å². The zero-order chi connectivity index (χ0) is 6.97. The molecule has 3 unspecified atom stereocenters. The fourth-order valence-electron chi connectivity index (χ4n) is 2.22. The average Bonchev–Trinajstić information content (AvgIpc) is 2.36. The van der Waals surface area contributed by atoms with Crippen molar-refractivity contribution < 1.29 is 0 Å². The molecule has 0 radical (unpaired) electrons. The van der Waals surface area contributed by atoms with Gasteiger partial charge in [0.2, 0.25) is 0 Å². The van der Waals surface area contributed by atoms with Crippen LogP contribution < -0.4 is 5.73 Å². The Labute approximate surface area is 66.7 Å². The monoisotopic (exact) mass is 157 g/mol. The summed E-state index contributed by atoms with van der Waals surface area (Å²) in [6.45, 7) is 0. The number of fused-ring (bicyclic) bond motifs is 1. The second-order valence-electron chi connectivity index (χ2n) is 3.46. The van der Waals surface area contributed by atoms with E-state index >= 15 is 0 Å². The SMILES string of the molecule is NC1CCCC2SCCC12. The first kappa shape index (κ1) is 6.99. The van der Waals surface area contributed by atoms with Crippen molar-refractivity contribution in [2.24, 2.45) is 11.7 Å². The van der Waals surface area contributed by atoms with Crippen molar-refractivity contribution in [3.05, 3.63) is 0 Å². The van der Waals surface area contributed by atoms with Gasteiger partial charge in [-0.1, -0.05) is 6.42 Å². The van der Waals surface area contributed by atoms with E-state index < -0.39 is 0 Å². The zero-order valence-electron chi connectivity index (χ0n) is 6.25. The quantitative estimate of drug-likeness (QED) is 0.578. The van der Waals surface area contributed by atoms with Crippen molar-refractivity contribution >= 4 is 11.8 Å². The average molecular weight is 157 g/mol. The zero-order valence-corrected chi connectivity index (χ0v) is 7.07. The van der Waals surface area contributed by atoms with Gasteiger partial charge in [0.05, 0.1) is 0 Å². The maximum Gasteiger partial charge on any atom is 0.00903 e. The molecule has 0 aromatic heterocycles. The summed E-state index contributed by atoms with van der Waals surface area (Å²) < 4.78 is 0. The van der Waals surface area contributed by atoms with Crippen LogP contribution in [0, 0.1) is 5.92 Å². The minimum absolute atomic E-state index is 0.536. The molecule has 0 amide bonds. The Morgan fingerprint density at radius 1 is 1.20 bits per heavy atom. The van der Waals surface area contributed by atoms with E-state index in [1.807, 2.05) is 0 Å². The van der Waals surface area contributed by atoms with Crippen LogP contribution in [-0.2, 0) is 0 Å². The number of hydrogen-bond donors (Lipinski definition) is 1. The predicted octanol–water partition coefficient (Wildman–Crippen LogP) is 1.62. The fraction of sp³-hybridized carbons (Fsp3) is 1.00. The van der Waals surface area contributed by atoms with Crippen molar-refractivity contribution in [2.45, 2.75) is 37.0 Å². The maximum absolute atomic E-state index is 6.01. The molecule has 1 nitrogen and oxygen atoms in total. The van der Waals surface area contributed by atoms with Gasteiger partial charge in [-0.15, -0.1) is 0 Å².